The van der Waals surface area contributed by atoms with Crippen molar-refractivity contribution in [3.8, 4) is 6.07 Å². The minimum absolute atomic E-state index is 0.0217. The third kappa shape index (κ3) is 3.91. The summed E-state index contributed by atoms with van der Waals surface area (Å²) in [6.45, 7) is 3.39. The van der Waals surface area contributed by atoms with Gasteiger partial charge in [0.2, 0.25) is 0 Å². The number of hydrogen-bond acceptors (Lipinski definition) is 3. The number of anilines is 2. The van der Waals surface area contributed by atoms with Gasteiger partial charge in [-0.05, 0) is 50.2 Å². The molecule has 2 aromatic rings. The fourth-order valence-corrected chi connectivity index (χ4v) is 3.56. The molecule has 0 aromatic heterocycles. The Kier molecular flexibility index (Phi) is 5.40. The first kappa shape index (κ1) is 22.1. The van der Waals surface area contributed by atoms with Crippen molar-refractivity contribution in [2.75, 3.05) is 23.4 Å². The molecule has 0 radical (unpaired) electrons. The van der Waals surface area contributed by atoms with Crippen molar-refractivity contribution < 1.29 is 27.2 Å². The van der Waals surface area contributed by atoms with Gasteiger partial charge in [0.1, 0.15) is 5.82 Å². The van der Waals surface area contributed by atoms with Gasteiger partial charge in [-0.2, -0.15) is 18.4 Å². The number of nitrogens with one attached hydrogen (secondary N) is 1. The van der Waals surface area contributed by atoms with Crippen LogP contribution in [0, 0.1) is 17.1 Å². The molecular formula is C21H18F4N4O2. The first-order chi connectivity index (χ1) is 14.4. The standard InChI is InChI=1S/C21H18F4N4O2/c1-20(2)11-28(13-5-4-12(10-26)16(8-13)21(23,24)25)19(31)29(20)14-6-7-15(17(22)9-14)18(30)27-3/h4-9H,11H2,1-3H3,(H,27,30). The van der Waals surface area contributed by atoms with Crippen LogP contribution >= 0.6 is 0 Å². The summed E-state index contributed by atoms with van der Waals surface area (Å²) in [5, 5.41) is 11.3. The molecule has 1 heterocycles. The number of nitriles is 1. The lowest BCUT2D eigenvalue weighted by Crippen LogP contribution is -2.42. The normalized spacial score (nSPS) is 15.7. The Balaban J connectivity index is 2.02. The third-order valence-electron chi connectivity index (χ3n) is 5.00. The maximum atomic E-state index is 14.4. The number of nitrogens with zero attached hydrogens (tertiary/aromatic N) is 3. The van der Waals surface area contributed by atoms with E-state index < -0.39 is 40.6 Å². The fraction of sp³-hybridized carbons (Fsp3) is 0.286. The van der Waals surface area contributed by atoms with E-state index in [4.69, 9.17) is 5.26 Å². The van der Waals surface area contributed by atoms with E-state index >= 15 is 0 Å². The van der Waals surface area contributed by atoms with Crippen molar-refractivity contribution in [1.82, 2.24) is 5.32 Å². The van der Waals surface area contributed by atoms with E-state index in [2.05, 4.69) is 5.32 Å². The van der Waals surface area contributed by atoms with Crippen LogP contribution in [0.3, 0.4) is 0 Å². The Labute approximate surface area is 175 Å². The zero-order valence-corrected chi connectivity index (χ0v) is 16.8. The molecule has 1 saturated heterocycles. The predicted molar refractivity (Wildman–Crippen MR) is 105 cm³/mol. The second kappa shape index (κ2) is 7.58. The average molecular weight is 434 g/mol. The van der Waals surface area contributed by atoms with Crippen molar-refractivity contribution in [1.29, 1.82) is 5.26 Å². The van der Waals surface area contributed by atoms with Crippen LogP contribution in [-0.4, -0.2) is 31.1 Å². The zero-order chi connectivity index (χ0) is 23.1. The Morgan fingerprint density at radius 1 is 1.16 bits per heavy atom. The summed E-state index contributed by atoms with van der Waals surface area (Å²) in [5.41, 5.74) is -2.66. The number of rotatable bonds is 3. The number of hydrogen-bond donors (Lipinski definition) is 1. The minimum Gasteiger partial charge on any atom is -0.355 e. The summed E-state index contributed by atoms with van der Waals surface area (Å²) in [6, 6.07) is 7.54. The van der Waals surface area contributed by atoms with Crippen molar-refractivity contribution in [2.45, 2.75) is 25.6 Å². The van der Waals surface area contributed by atoms with Crippen molar-refractivity contribution in [2.24, 2.45) is 0 Å². The van der Waals surface area contributed by atoms with Gasteiger partial charge in [0.25, 0.3) is 5.91 Å². The van der Waals surface area contributed by atoms with E-state index in [0.717, 1.165) is 23.1 Å². The van der Waals surface area contributed by atoms with Crippen LogP contribution in [0.1, 0.15) is 35.3 Å². The molecule has 162 valence electrons. The minimum atomic E-state index is -4.77. The SMILES string of the molecule is CNC(=O)c1ccc(N2C(=O)N(c3ccc(C#N)c(C(F)(F)F)c3)CC2(C)C)cc1F. The highest BCUT2D eigenvalue weighted by Crippen LogP contribution is 2.39. The molecule has 1 fully saturated rings. The number of benzene rings is 2. The number of carbonyl (C=O) groups excluding carboxylic acids is 2. The summed E-state index contributed by atoms with van der Waals surface area (Å²) in [5.74, 6) is -1.47. The van der Waals surface area contributed by atoms with E-state index in [0.29, 0.717) is 0 Å². The topological polar surface area (TPSA) is 76.4 Å². The molecule has 0 unspecified atom stereocenters. The molecule has 1 N–H and O–H groups in total. The fourth-order valence-electron chi connectivity index (χ4n) is 3.56. The number of alkyl halides is 3. The van der Waals surface area contributed by atoms with Crippen LogP contribution in [0.4, 0.5) is 33.7 Å². The van der Waals surface area contributed by atoms with Gasteiger partial charge >= 0.3 is 12.2 Å². The van der Waals surface area contributed by atoms with Gasteiger partial charge in [-0.1, -0.05) is 0 Å². The third-order valence-corrected chi connectivity index (χ3v) is 5.00. The molecule has 6 nitrogen and oxygen atoms in total. The maximum absolute atomic E-state index is 14.4. The van der Waals surface area contributed by atoms with Crippen LogP contribution in [-0.2, 0) is 6.18 Å². The van der Waals surface area contributed by atoms with E-state index in [1.165, 1.54) is 36.2 Å². The number of urea groups is 1. The first-order valence-corrected chi connectivity index (χ1v) is 9.15. The smallest absolute Gasteiger partial charge is 0.355 e. The van der Waals surface area contributed by atoms with Crippen molar-refractivity contribution in [3.05, 3.63) is 58.9 Å². The van der Waals surface area contributed by atoms with Crippen LogP contribution in [0.2, 0.25) is 0 Å². The van der Waals surface area contributed by atoms with Gasteiger partial charge in [-0.3, -0.25) is 14.6 Å². The second-order valence-corrected chi connectivity index (χ2v) is 7.60. The summed E-state index contributed by atoms with van der Waals surface area (Å²) in [4.78, 5) is 27.2. The molecule has 31 heavy (non-hydrogen) atoms. The lowest BCUT2D eigenvalue weighted by molar-refractivity contribution is -0.137. The van der Waals surface area contributed by atoms with Crippen LogP contribution in [0.25, 0.3) is 0 Å². The van der Waals surface area contributed by atoms with E-state index in [9.17, 15) is 27.2 Å². The molecule has 1 aliphatic heterocycles. The molecule has 3 rings (SSSR count). The lowest BCUT2D eigenvalue weighted by atomic mass is 10.0. The van der Waals surface area contributed by atoms with Gasteiger partial charge in [0.05, 0.1) is 34.8 Å². The highest BCUT2D eigenvalue weighted by molar-refractivity contribution is 6.08. The van der Waals surface area contributed by atoms with Crippen LogP contribution < -0.4 is 15.1 Å². The summed E-state index contributed by atoms with van der Waals surface area (Å²) in [7, 11) is 1.35. The predicted octanol–water partition coefficient (Wildman–Crippen LogP) is 4.30. The van der Waals surface area contributed by atoms with Gasteiger partial charge in [-0.25, -0.2) is 9.18 Å². The second-order valence-electron chi connectivity index (χ2n) is 7.60. The number of halogens is 4. The Bertz CT molecular complexity index is 1110. The maximum Gasteiger partial charge on any atom is 0.417 e. The molecule has 0 aliphatic carbocycles. The average Bonchev–Trinajstić information content (AvgIpc) is 2.94. The quantitative estimate of drug-likeness (QED) is 0.732. The van der Waals surface area contributed by atoms with Crippen LogP contribution in [0.5, 0.6) is 0 Å². The zero-order valence-electron chi connectivity index (χ0n) is 16.8. The summed E-state index contributed by atoms with van der Waals surface area (Å²) < 4.78 is 54.4. The molecule has 0 spiro atoms. The molecular weight excluding hydrogens is 416 g/mol. The molecule has 2 aromatic carbocycles. The lowest BCUT2D eigenvalue weighted by Gasteiger charge is -2.29. The van der Waals surface area contributed by atoms with E-state index in [1.54, 1.807) is 13.8 Å². The Morgan fingerprint density at radius 2 is 1.81 bits per heavy atom. The highest BCUT2D eigenvalue weighted by Gasteiger charge is 2.45. The Hall–Kier alpha value is -3.61. The van der Waals surface area contributed by atoms with Crippen molar-refractivity contribution >= 4 is 23.3 Å². The molecule has 0 atom stereocenters. The van der Waals surface area contributed by atoms with E-state index in [-0.39, 0.29) is 23.5 Å². The summed E-state index contributed by atoms with van der Waals surface area (Å²) in [6.07, 6.45) is -4.77. The monoisotopic (exact) mass is 434 g/mol. The number of carbonyl (C=O) groups is 2. The van der Waals surface area contributed by atoms with E-state index in [1.807, 2.05) is 0 Å². The van der Waals surface area contributed by atoms with Gasteiger partial charge < -0.3 is 5.32 Å². The summed E-state index contributed by atoms with van der Waals surface area (Å²) >= 11 is 0. The molecule has 10 heteroatoms. The largest absolute Gasteiger partial charge is 0.417 e. The van der Waals surface area contributed by atoms with Gasteiger partial charge in [-0.15, -0.1) is 0 Å². The first-order valence-electron chi connectivity index (χ1n) is 9.15. The highest BCUT2D eigenvalue weighted by atomic mass is 19.4. The molecule has 1 aliphatic rings. The Morgan fingerprint density at radius 3 is 2.35 bits per heavy atom. The molecule has 0 bridgehead atoms. The van der Waals surface area contributed by atoms with Crippen molar-refractivity contribution in [3.63, 3.8) is 0 Å². The van der Waals surface area contributed by atoms with Crippen LogP contribution in [0.15, 0.2) is 36.4 Å². The number of amides is 3. The molecule has 3 amide bonds. The van der Waals surface area contributed by atoms with Gasteiger partial charge in [0, 0.05) is 18.4 Å². The molecule has 0 saturated carbocycles. The van der Waals surface area contributed by atoms with Gasteiger partial charge in [0.15, 0.2) is 0 Å².